The number of amides is 1. The summed E-state index contributed by atoms with van der Waals surface area (Å²) in [6, 6.07) is 4.61. The summed E-state index contributed by atoms with van der Waals surface area (Å²) in [5.41, 5.74) is -0.690. The van der Waals surface area contributed by atoms with Gasteiger partial charge in [-0.25, -0.2) is 0 Å². The number of carbonyl (C=O) groups is 2. The molecule has 1 aliphatic rings. The van der Waals surface area contributed by atoms with E-state index < -0.39 is 11.7 Å². The molecule has 24 heavy (non-hydrogen) atoms. The zero-order valence-corrected chi connectivity index (χ0v) is 13.5. The summed E-state index contributed by atoms with van der Waals surface area (Å²) in [5.74, 6) is -0.659. The number of likely N-dealkylation sites (tertiary alicyclic amines) is 1. The molecule has 1 aromatic carbocycles. The summed E-state index contributed by atoms with van der Waals surface area (Å²) in [4.78, 5) is 25.5. The number of alkyl halides is 3. The van der Waals surface area contributed by atoms with Crippen molar-refractivity contribution in [2.45, 2.75) is 25.9 Å². The molecule has 0 aliphatic carbocycles. The van der Waals surface area contributed by atoms with Gasteiger partial charge in [-0.05, 0) is 31.5 Å². The van der Waals surface area contributed by atoms with Gasteiger partial charge in [0.15, 0.2) is 5.78 Å². The average Bonchev–Trinajstić information content (AvgIpc) is 2.53. The highest BCUT2D eigenvalue weighted by atomic mass is 19.4. The molecular formula is C17H21F3N2O2. The number of Topliss-reactive ketones (excluding diaryl/α,β-unsaturated/α-hetero) is 1. The minimum absolute atomic E-state index is 0.108. The van der Waals surface area contributed by atoms with E-state index in [0.717, 1.165) is 25.1 Å². The number of piperidine rings is 1. The summed E-state index contributed by atoms with van der Waals surface area (Å²) in [7, 11) is 0. The Morgan fingerprint density at radius 1 is 1.33 bits per heavy atom. The van der Waals surface area contributed by atoms with Crippen LogP contribution < -0.4 is 5.32 Å². The van der Waals surface area contributed by atoms with Crippen molar-refractivity contribution in [3.63, 3.8) is 0 Å². The van der Waals surface area contributed by atoms with E-state index in [4.69, 9.17) is 0 Å². The van der Waals surface area contributed by atoms with Crippen molar-refractivity contribution in [1.82, 2.24) is 10.2 Å². The van der Waals surface area contributed by atoms with Crippen molar-refractivity contribution >= 4 is 11.7 Å². The second-order valence-corrected chi connectivity index (χ2v) is 6.07. The first-order chi connectivity index (χ1) is 11.3. The average molecular weight is 342 g/mol. The summed E-state index contributed by atoms with van der Waals surface area (Å²) >= 11 is 0. The van der Waals surface area contributed by atoms with Gasteiger partial charge in [-0.1, -0.05) is 12.1 Å². The zero-order valence-electron chi connectivity index (χ0n) is 13.5. The van der Waals surface area contributed by atoms with Crippen LogP contribution in [0.5, 0.6) is 0 Å². The van der Waals surface area contributed by atoms with Crippen LogP contribution in [0.2, 0.25) is 0 Å². The number of rotatable bonds is 5. The van der Waals surface area contributed by atoms with Gasteiger partial charge in [0, 0.05) is 38.0 Å². The van der Waals surface area contributed by atoms with Gasteiger partial charge in [-0.2, -0.15) is 13.2 Å². The Morgan fingerprint density at radius 2 is 2.08 bits per heavy atom. The number of ketones is 1. The fourth-order valence-corrected chi connectivity index (χ4v) is 2.95. The van der Waals surface area contributed by atoms with Crippen LogP contribution in [0.4, 0.5) is 13.2 Å². The molecule has 1 fully saturated rings. The molecule has 2 rings (SSSR count). The molecule has 1 amide bonds. The van der Waals surface area contributed by atoms with Crippen LogP contribution >= 0.6 is 0 Å². The third kappa shape index (κ3) is 5.06. The monoisotopic (exact) mass is 342 g/mol. The molecule has 1 aliphatic heterocycles. The third-order valence-electron chi connectivity index (χ3n) is 4.15. The number of hydrogen-bond acceptors (Lipinski definition) is 3. The fraction of sp³-hybridized carbons (Fsp3) is 0.529. The summed E-state index contributed by atoms with van der Waals surface area (Å²) < 4.78 is 38.4. The number of nitrogens with zero attached hydrogens (tertiary/aromatic N) is 1. The Morgan fingerprint density at radius 3 is 2.75 bits per heavy atom. The Labute approximate surface area is 139 Å². The van der Waals surface area contributed by atoms with E-state index in [1.165, 1.54) is 19.1 Å². The molecule has 0 bridgehead atoms. The van der Waals surface area contributed by atoms with Gasteiger partial charge in [-0.15, -0.1) is 0 Å². The van der Waals surface area contributed by atoms with E-state index in [0.29, 0.717) is 26.1 Å². The van der Waals surface area contributed by atoms with E-state index in [1.54, 1.807) is 0 Å². The maximum atomic E-state index is 12.8. The lowest BCUT2D eigenvalue weighted by molar-refractivity contribution is -0.137. The van der Waals surface area contributed by atoms with Gasteiger partial charge in [-0.3, -0.25) is 9.59 Å². The number of benzene rings is 1. The standard InChI is InChI=1S/C17H21F3N2O2/c1-12(23)21-7-9-22-8-3-5-14(11-22)16(24)13-4-2-6-15(10-13)17(18,19)20/h2,4,6,10,14H,3,5,7-9,11H2,1H3,(H,21,23)/t14-/m0/s1. The number of hydrogen-bond donors (Lipinski definition) is 1. The quantitative estimate of drug-likeness (QED) is 0.837. The van der Waals surface area contributed by atoms with Gasteiger partial charge < -0.3 is 10.2 Å². The Kier molecular flexibility index (Phi) is 5.99. The lowest BCUT2D eigenvalue weighted by Crippen LogP contribution is -2.42. The molecule has 0 aromatic heterocycles. The van der Waals surface area contributed by atoms with Gasteiger partial charge >= 0.3 is 6.18 Å². The Balaban J connectivity index is 2.00. The fourth-order valence-electron chi connectivity index (χ4n) is 2.95. The van der Waals surface area contributed by atoms with E-state index in [2.05, 4.69) is 10.2 Å². The maximum Gasteiger partial charge on any atom is 0.416 e. The molecule has 4 nitrogen and oxygen atoms in total. The highest BCUT2D eigenvalue weighted by Gasteiger charge is 2.32. The highest BCUT2D eigenvalue weighted by Crippen LogP contribution is 2.30. The van der Waals surface area contributed by atoms with Crippen LogP contribution in [0.15, 0.2) is 24.3 Å². The molecule has 0 unspecified atom stereocenters. The molecular weight excluding hydrogens is 321 g/mol. The molecule has 1 heterocycles. The Hall–Kier alpha value is -1.89. The summed E-state index contributed by atoms with van der Waals surface area (Å²) in [6.45, 7) is 3.91. The first-order valence-electron chi connectivity index (χ1n) is 7.95. The molecule has 1 N–H and O–H groups in total. The number of halogens is 3. The molecule has 1 atom stereocenters. The predicted octanol–water partition coefficient (Wildman–Crippen LogP) is 2.74. The predicted molar refractivity (Wildman–Crippen MR) is 83.6 cm³/mol. The minimum atomic E-state index is -4.45. The van der Waals surface area contributed by atoms with Crippen LogP contribution in [0.3, 0.4) is 0 Å². The van der Waals surface area contributed by atoms with Crippen LogP contribution in [-0.2, 0) is 11.0 Å². The highest BCUT2D eigenvalue weighted by molar-refractivity contribution is 5.98. The molecule has 0 radical (unpaired) electrons. The van der Waals surface area contributed by atoms with Crippen molar-refractivity contribution in [1.29, 1.82) is 0 Å². The second kappa shape index (κ2) is 7.79. The van der Waals surface area contributed by atoms with Crippen LogP contribution in [0.25, 0.3) is 0 Å². The summed E-state index contributed by atoms with van der Waals surface area (Å²) in [6.07, 6.45) is -2.96. The lowest BCUT2D eigenvalue weighted by atomic mass is 9.89. The van der Waals surface area contributed by atoms with Crippen LogP contribution in [-0.4, -0.2) is 42.8 Å². The van der Waals surface area contributed by atoms with Gasteiger partial charge in [0.1, 0.15) is 0 Å². The molecule has 0 spiro atoms. The normalized spacial score (nSPS) is 19.1. The first-order valence-corrected chi connectivity index (χ1v) is 7.95. The first kappa shape index (κ1) is 18.4. The van der Waals surface area contributed by atoms with Crippen molar-refractivity contribution in [3.8, 4) is 0 Å². The van der Waals surface area contributed by atoms with Crippen molar-refractivity contribution < 1.29 is 22.8 Å². The van der Waals surface area contributed by atoms with Crippen molar-refractivity contribution in [3.05, 3.63) is 35.4 Å². The van der Waals surface area contributed by atoms with E-state index >= 15 is 0 Å². The topological polar surface area (TPSA) is 49.4 Å². The smallest absolute Gasteiger partial charge is 0.355 e. The van der Waals surface area contributed by atoms with Gasteiger partial charge in [0.25, 0.3) is 0 Å². The van der Waals surface area contributed by atoms with E-state index in [-0.39, 0.29) is 23.2 Å². The number of carbonyl (C=O) groups excluding carboxylic acids is 2. The molecule has 1 saturated heterocycles. The maximum absolute atomic E-state index is 12.8. The molecule has 132 valence electrons. The van der Waals surface area contributed by atoms with Gasteiger partial charge in [0.05, 0.1) is 5.56 Å². The number of nitrogens with one attached hydrogen (secondary N) is 1. The molecule has 1 aromatic rings. The van der Waals surface area contributed by atoms with Crippen molar-refractivity contribution in [2.24, 2.45) is 5.92 Å². The van der Waals surface area contributed by atoms with Gasteiger partial charge in [0.2, 0.25) is 5.91 Å². The Bertz CT molecular complexity index is 602. The van der Waals surface area contributed by atoms with Crippen LogP contribution in [0, 0.1) is 5.92 Å². The minimum Gasteiger partial charge on any atom is -0.355 e. The molecule has 7 heteroatoms. The summed E-state index contributed by atoms with van der Waals surface area (Å²) in [5, 5.41) is 2.70. The SMILES string of the molecule is CC(=O)NCCN1CCC[C@H](C(=O)c2cccc(C(F)(F)F)c2)C1. The second-order valence-electron chi connectivity index (χ2n) is 6.07. The lowest BCUT2D eigenvalue weighted by Gasteiger charge is -2.32. The largest absolute Gasteiger partial charge is 0.416 e. The molecule has 0 saturated carbocycles. The third-order valence-corrected chi connectivity index (χ3v) is 4.15. The van der Waals surface area contributed by atoms with Crippen molar-refractivity contribution in [2.75, 3.05) is 26.2 Å². The van der Waals surface area contributed by atoms with E-state index in [1.807, 2.05) is 0 Å². The zero-order chi connectivity index (χ0) is 17.7. The van der Waals surface area contributed by atoms with Crippen LogP contribution in [0.1, 0.15) is 35.7 Å². The van der Waals surface area contributed by atoms with E-state index in [9.17, 15) is 22.8 Å².